The van der Waals surface area contributed by atoms with Gasteiger partial charge in [-0.3, -0.25) is 9.97 Å². The molecule has 0 saturated carbocycles. The molecule has 10 nitrogen and oxygen atoms in total. The number of benzene rings is 1. The van der Waals surface area contributed by atoms with Crippen LogP contribution >= 0.6 is 0 Å². The molecule has 0 saturated heterocycles. The molecule has 5 heterocycles. The highest BCUT2D eigenvalue weighted by Gasteiger charge is 2.14. The molecule has 166 valence electrons. The van der Waals surface area contributed by atoms with Gasteiger partial charge in [0, 0.05) is 30.9 Å². The van der Waals surface area contributed by atoms with Crippen LogP contribution < -0.4 is 4.90 Å². The summed E-state index contributed by atoms with van der Waals surface area (Å²) in [6, 6.07) is 17.7. The SMILES string of the molecule is CN(Cc1cc(-c2ccccn2)no1)c1cnc2nnn(Cc3ccc4ncccc4c3)c2n1. The number of aromatic nitrogens is 8. The van der Waals surface area contributed by atoms with Crippen molar-refractivity contribution in [1.29, 1.82) is 0 Å². The largest absolute Gasteiger partial charge is 0.359 e. The minimum absolute atomic E-state index is 0.471. The van der Waals surface area contributed by atoms with Crippen molar-refractivity contribution in [2.75, 3.05) is 11.9 Å². The van der Waals surface area contributed by atoms with Gasteiger partial charge in [-0.05, 0) is 35.9 Å². The van der Waals surface area contributed by atoms with E-state index in [-0.39, 0.29) is 0 Å². The summed E-state index contributed by atoms with van der Waals surface area (Å²) >= 11 is 0. The lowest BCUT2D eigenvalue weighted by Crippen LogP contribution is -2.18. The summed E-state index contributed by atoms with van der Waals surface area (Å²) in [5.41, 5.74) is 4.60. The van der Waals surface area contributed by atoms with Gasteiger partial charge in [-0.1, -0.05) is 28.6 Å². The van der Waals surface area contributed by atoms with Crippen molar-refractivity contribution in [1.82, 2.24) is 40.1 Å². The molecular weight excluding hydrogens is 430 g/mol. The van der Waals surface area contributed by atoms with Crippen LogP contribution in [0.5, 0.6) is 0 Å². The van der Waals surface area contributed by atoms with Crippen LogP contribution in [0.4, 0.5) is 5.82 Å². The molecular formula is C24H19N9O. The molecule has 0 N–H and O–H groups in total. The highest BCUT2D eigenvalue weighted by atomic mass is 16.5. The van der Waals surface area contributed by atoms with Crippen molar-refractivity contribution in [3.05, 3.63) is 84.5 Å². The third-order valence-corrected chi connectivity index (χ3v) is 5.48. The molecule has 6 aromatic rings. The first-order chi connectivity index (χ1) is 16.7. The Morgan fingerprint density at radius 3 is 2.79 bits per heavy atom. The summed E-state index contributed by atoms with van der Waals surface area (Å²) in [6.45, 7) is 0.998. The van der Waals surface area contributed by atoms with Crippen LogP contribution in [-0.4, -0.2) is 47.1 Å². The molecule has 1 aromatic carbocycles. The molecule has 0 bridgehead atoms. The Labute approximate surface area is 193 Å². The van der Waals surface area contributed by atoms with Gasteiger partial charge in [0.1, 0.15) is 11.5 Å². The van der Waals surface area contributed by atoms with Crippen LogP contribution in [0, 0.1) is 0 Å². The Morgan fingerprint density at radius 2 is 1.88 bits per heavy atom. The highest BCUT2D eigenvalue weighted by Crippen LogP contribution is 2.20. The molecule has 5 aromatic heterocycles. The molecule has 10 heteroatoms. The van der Waals surface area contributed by atoms with Gasteiger partial charge in [-0.15, -0.1) is 5.10 Å². The third kappa shape index (κ3) is 3.81. The smallest absolute Gasteiger partial charge is 0.221 e. The van der Waals surface area contributed by atoms with Crippen molar-refractivity contribution < 1.29 is 4.52 Å². The number of anilines is 1. The number of nitrogens with zero attached hydrogens (tertiary/aromatic N) is 9. The Bertz CT molecular complexity index is 1590. The lowest BCUT2D eigenvalue weighted by molar-refractivity contribution is 0.384. The monoisotopic (exact) mass is 449 g/mol. The van der Waals surface area contributed by atoms with Crippen molar-refractivity contribution in [3.63, 3.8) is 0 Å². The third-order valence-electron chi connectivity index (χ3n) is 5.48. The van der Waals surface area contributed by atoms with E-state index in [2.05, 4.69) is 36.5 Å². The fourth-order valence-corrected chi connectivity index (χ4v) is 3.77. The van der Waals surface area contributed by atoms with Crippen LogP contribution in [0.25, 0.3) is 33.6 Å². The predicted molar refractivity (Wildman–Crippen MR) is 126 cm³/mol. The van der Waals surface area contributed by atoms with Gasteiger partial charge in [0.2, 0.25) is 5.65 Å². The molecule has 0 spiro atoms. The lowest BCUT2D eigenvalue weighted by Gasteiger charge is -2.15. The first kappa shape index (κ1) is 19.9. The van der Waals surface area contributed by atoms with E-state index in [4.69, 9.17) is 9.51 Å². The molecule has 6 rings (SSSR count). The van der Waals surface area contributed by atoms with E-state index in [0.29, 0.717) is 41.7 Å². The summed E-state index contributed by atoms with van der Waals surface area (Å²) in [6.07, 6.45) is 5.20. The minimum atomic E-state index is 0.471. The summed E-state index contributed by atoms with van der Waals surface area (Å²) in [5.74, 6) is 1.37. The minimum Gasteiger partial charge on any atom is -0.359 e. The summed E-state index contributed by atoms with van der Waals surface area (Å²) in [4.78, 5) is 19.8. The molecule has 0 fully saturated rings. The first-order valence-corrected chi connectivity index (χ1v) is 10.7. The van der Waals surface area contributed by atoms with Gasteiger partial charge < -0.3 is 9.42 Å². The normalized spacial score (nSPS) is 11.3. The molecule has 0 atom stereocenters. The Morgan fingerprint density at radius 1 is 0.941 bits per heavy atom. The number of hydrogen-bond acceptors (Lipinski definition) is 9. The van der Waals surface area contributed by atoms with Crippen molar-refractivity contribution in [2.24, 2.45) is 0 Å². The number of rotatable bonds is 6. The second kappa shape index (κ2) is 8.32. The summed E-state index contributed by atoms with van der Waals surface area (Å²) < 4.78 is 7.26. The maximum absolute atomic E-state index is 5.51. The maximum Gasteiger partial charge on any atom is 0.221 e. The van der Waals surface area contributed by atoms with Crippen molar-refractivity contribution >= 4 is 28.0 Å². The molecule has 0 unspecified atom stereocenters. The average molecular weight is 449 g/mol. The van der Waals surface area contributed by atoms with Gasteiger partial charge >= 0.3 is 0 Å². The fourth-order valence-electron chi connectivity index (χ4n) is 3.77. The second-order valence-electron chi connectivity index (χ2n) is 7.90. The lowest BCUT2D eigenvalue weighted by atomic mass is 10.1. The Kier molecular flexibility index (Phi) is 4.87. The summed E-state index contributed by atoms with van der Waals surface area (Å²) in [7, 11) is 1.92. The van der Waals surface area contributed by atoms with Gasteiger partial charge in [-0.25, -0.2) is 14.6 Å². The Balaban J connectivity index is 1.24. The number of fused-ring (bicyclic) bond motifs is 2. The molecule has 0 aliphatic carbocycles. The fraction of sp³-hybridized carbons (Fsp3) is 0.125. The number of pyridine rings is 2. The standard InChI is InChI=1S/C24H19N9O/c1-32(15-18-12-21(30-34-18)20-6-2-3-9-26-20)22-13-27-23-24(28-22)33(31-29-23)14-16-7-8-19-17(11-16)5-4-10-25-19/h2-13H,14-15H2,1H3. The van der Waals surface area contributed by atoms with Crippen LogP contribution in [0.2, 0.25) is 0 Å². The predicted octanol–water partition coefficient (Wildman–Crippen LogP) is 3.50. The molecule has 0 radical (unpaired) electrons. The zero-order valence-electron chi connectivity index (χ0n) is 18.3. The average Bonchev–Trinajstić information content (AvgIpc) is 3.51. The van der Waals surface area contributed by atoms with Crippen LogP contribution in [0.15, 0.2) is 77.7 Å². The zero-order chi connectivity index (χ0) is 22.9. The quantitative estimate of drug-likeness (QED) is 0.377. The Hall–Kier alpha value is -4.73. The van der Waals surface area contributed by atoms with E-state index in [1.54, 1.807) is 23.3 Å². The van der Waals surface area contributed by atoms with E-state index < -0.39 is 0 Å². The molecule has 0 amide bonds. The summed E-state index contributed by atoms with van der Waals surface area (Å²) in [5, 5.41) is 13.6. The van der Waals surface area contributed by atoms with E-state index in [0.717, 1.165) is 22.2 Å². The van der Waals surface area contributed by atoms with Crippen LogP contribution in [0.1, 0.15) is 11.3 Å². The van der Waals surface area contributed by atoms with E-state index in [1.807, 2.05) is 60.5 Å². The van der Waals surface area contributed by atoms with Gasteiger partial charge in [0.25, 0.3) is 0 Å². The van der Waals surface area contributed by atoms with Gasteiger partial charge in [0.15, 0.2) is 11.4 Å². The van der Waals surface area contributed by atoms with Crippen molar-refractivity contribution in [3.8, 4) is 11.4 Å². The zero-order valence-corrected chi connectivity index (χ0v) is 18.3. The molecule has 0 aliphatic rings. The van der Waals surface area contributed by atoms with Gasteiger partial charge in [0.05, 0.1) is 30.5 Å². The van der Waals surface area contributed by atoms with E-state index in [1.165, 1.54) is 0 Å². The van der Waals surface area contributed by atoms with Crippen LogP contribution in [-0.2, 0) is 13.1 Å². The molecule has 0 aliphatic heterocycles. The van der Waals surface area contributed by atoms with Gasteiger partial charge in [-0.2, -0.15) is 0 Å². The second-order valence-corrected chi connectivity index (χ2v) is 7.90. The topological polar surface area (TPSA) is 112 Å². The van der Waals surface area contributed by atoms with Crippen molar-refractivity contribution in [2.45, 2.75) is 13.1 Å². The van der Waals surface area contributed by atoms with E-state index >= 15 is 0 Å². The number of hydrogen-bond donors (Lipinski definition) is 0. The first-order valence-electron chi connectivity index (χ1n) is 10.7. The van der Waals surface area contributed by atoms with Crippen LogP contribution in [0.3, 0.4) is 0 Å². The highest BCUT2D eigenvalue weighted by molar-refractivity contribution is 5.79. The van der Waals surface area contributed by atoms with E-state index in [9.17, 15) is 0 Å². The molecule has 34 heavy (non-hydrogen) atoms. The maximum atomic E-state index is 5.51.